The van der Waals surface area contributed by atoms with Crippen molar-refractivity contribution < 1.29 is 13.2 Å². The molecule has 0 bridgehead atoms. The van der Waals surface area contributed by atoms with Gasteiger partial charge in [0.15, 0.2) is 0 Å². The quantitative estimate of drug-likeness (QED) is 0.856. The minimum absolute atomic E-state index is 0.144. The SMILES string of the molecule is CCc1ccc(S(=O)(=O)N(C)CC(=O)NC2CC2)cc1. The zero-order chi connectivity index (χ0) is 14.8. The number of aryl methyl sites for hydroxylation is 1. The van der Waals surface area contributed by atoms with Crippen molar-refractivity contribution in [2.24, 2.45) is 0 Å². The highest BCUT2D eigenvalue weighted by molar-refractivity contribution is 7.89. The zero-order valence-electron chi connectivity index (χ0n) is 11.8. The summed E-state index contributed by atoms with van der Waals surface area (Å²) in [6, 6.07) is 7.01. The highest BCUT2D eigenvalue weighted by Crippen LogP contribution is 2.19. The van der Waals surface area contributed by atoms with E-state index < -0.39 is 10.0 Å². The van der Waals surface area contributed by atoms with E-state index in [9.17, 15) is 13.2 Å². The third-order valence-corrected chi connectivity index (χ3v) is 5.17. The van der Waals surface area contributed by atoms with Crippen molar-refractivity contribution in [3.05, 3.63) is 29.8 Å². The van der Waals surface area contributed by atoms with Gasteiger partial charge in [-0.2, -0.15) is 4.31 Å². The van der Waals surface area contributed by atoms with E-state index in [0.29, 0.717) is 0 Å². The molecule has 0 atom stereocenters. The normalized spacial score (nSPS) is 15.3. The molecule has 1 aliphatic carbocycles. The number of rotatable bonds is 6. The van der Waals surface area contributed by atoms with Crippen LogP contribution in [0.4, 0.5) is 0 Å². The van der Waals surface area contributed by atoms with E-state index in [1.54, 1.807) is 24.3 Å². The first-order valence-electron chi connectivity index (χ1n) is 6.78. The second-order valence-electron chi connectivity index (χ2n) is 5.10. The Hall–Kier alpha value is -1.40. The molecule has 5 nitrogen and oxygen atoms in total. The summed E-state index contributed by atoms with van der Waals surface area (Å²) in [6.07, 6.45) is 2.83. The molecule has 0 saturated heterocycles. The molecule has 1 N–H and O–H groups in total. The molecule has 0 radical (unpaired) electrons. The molecule has 1 aliphatic rings. The van der Waals surface area contributed by atoms with E-state index in [4.69, 9.17) is 0 Å². The highest BCUT2D eigenvalue weighted by atomic mass is 32.2. The first-order chi connectivity index (χ1) is 9.43. The van der Waals surface area contributed by atoms with E-state index in [1.807, 2.05) is 6.92 Å². The number of amides is 1. The monoisotopic (exact) mass is 296 g/mol. The van der Waals surface area contributed by atoms with Gasteiger partial charge in [-0.1, -0.05) is 19.1 Å². The fraction of sp³-hybridized carbons (Fsp3) is 0.500. The van der Waals surface area contributed by atoms with Gasteiger partial charge < -0.3 is 5.32 Å². The van der Waals surface area contributed by atoms with E-state index in [2.05, 4.69) is 5.32 Å². The lowest BCUT2D eigenvalue weighted by atomic mass is 10.2. The Morgan fingerprint density at radius 2 is 1.90 bits per heavy atom. The molecule has 6 heteroatoms. The smallest absolute Gasteiger partial charge is 0.243 e. The second kappa shape index (κ2) is 5.93. The average molecular weight is 296 g/mol. The van der Waals surface area contributed by atoms with Crippen molar-refractivity contribution in [2.45, 2.75) is 37.1 Å². The van der Waals surface area contributed by atoms with E-state index in [1.165, 1.54) is 7.05 Å². The third kappa shape index (κ3) is 3.58. The minimum atomic E-state index is -3.60. The van der Waals surface area contributed by atoms with Crippen molar-refractivity contribution >= 4 is 15.9 Å². The molecule has 20 heavy (non-hydrogen) atoms. The standard InChI is InChI=1S/C14H20N2O3S/c1-3-11-4-8-13(9-5-11)20(18,19)16(2)10-14(17)15-12-6-7-12/h4-5,8-9,12H,3,6-7,10H2,1-2H3,(H,15,17). The fourth-order valence-electron chi connectivity index (χ4n) is 1.87. The van der Waals surface area contributed by atoms with Gasteiger partial charge in [-0.3, -0.25) is 4.79 Å². The number of nitrogens with zero attached hydrogens (tertiary/aromatic N) is 1. The van der Waals surface area contributed by atoms with Gasteiger partial charge in [0.2, 0.25) is 15.9 Å². The van der Waals surface area contributed by atoms with Gasteiger partial charge in [-0.15, -0.1) is 0 Å². The number of hydrogen-bond acceptors (Lipinski definition) is 3. The van der Waals surface area contributed by atoms with Crippen molar-refractivity contribution in [1.29, 1.82) is 0 Å². The number of hydrogen-bond donors (Lipinski definition) is 1. The van der Waals surface area contributed by atoms with Crippen LogP contribution in [0.1, 0.15) is 25.3 Å². The average Bonchev–Trinajstić information content (AvgIpc) is 3.22. The molecule has 0 aromatic heterocycles. The third-order valence-electron chi connectivity index (χ3n) is 3.35. The van der Waals surface area contributed by atoms with Crippen LogP contribution in [0.2, 0.25) is 0 Å². The number of nitrogens with one attached hydrogen (secondary N) is 1. The van der Waals surface area contributed by atoms with Gasteiger partial charge >= 0.3 is 0 Å². The fourth-order valence-corrected chi connectivity index (χ4v) is 2.99. The molecule has 1 fully saturated rings. The Kier molecular flexibility index (Phi) is 4.45. The molecular weight excluding hydrogens is 276 g/mol. The van der Waals surface area contributed by atoms with Crippen LogP contribution in [-0.2, 0) is 21.2 Å². The summed E-state index contributed by atoms with van der Waals surface area (Å²) in [7, 11) is -2.18. The van der Waals surface area contributed by atoms with Gasteiger partial charge in [0.25, 0.3) is 0 Å². The summed E-state index contributed by atoms with van der Waals surface area (Å²) in [4.78, 5) is 11.9. The van der Waals surface area contributed by atoms with E-state index in [0.717, 1.165) is 29.1 Å². The van der Waals surface area contributed by atoms with Gasteiger partial charge in [0, 0.05) is 13.1 Å². The van der Waals surface area contributed by atoms with Crippen molar-refractivity contribution in [2.75, 3.05) is 13.6 Å². The van der Waals surface area contributed by atoms with E-state index in [-0.39, 0.29) is 23.4 Å². The molecule has 110 valence electrons. The summed E-state index contributed by atoms with van der Waals surface area (Å²) >= 11 is 0. The van der Waals surface area contributed by atoms with Crippen LogP contribution in [-0.4, -0.2) is 38.3 Å². The molecule has 1 saturated carbocycles. The maximum Gasteiger partial charge on any atom is 0.243 e. The summed E-state index contributed by atoms with van der Waals surface area (Å²) in [6.45, 7) is 1.87. The van der Waals surface area contributed by atoms with Crippen molar-refractivity contribution in [1.82, 2.24) is 9.62 Å². The Morgan fingerprint density at radius 3 is 2.40 bits per heavy atom. The van der Waals surface area contributed by atoms with Gasteiger partial charge in [-0.05, 0) is 37.0 Å². The van der Waals surface area contributed by atoms with Crippen LogP contribution >= 0.6 is 0 Å². The molecule has 1 aromatic carbocycles. The molecule has 1 aromatic rings. The lowest BCUT2D eigenvalue weighted by molar-refractivity contribution is -0.121. The Morgan fingerprint density at radius 1 is 1.30 bits per heavy atom. The second-order valence-corrected chi connectivity index (χ2v) is 7.15. The maximum absolute atomic E-state index is 12.3. The number of benzene rings is 1. The number of carbonyl (C=O) groups is 1. The van der Waals surface area contributed by atoms with Crippen LogP contribution in [0.3, 0.4) is 0 Å². The lowest BCUT2D eigenvalue weighted by Gasteiger charge is -2.17. The molecule has 0 aliphatic heterocycles. The van der Waals surface area contributed by atoms with Crippen LogP contribution in [0.25, 0.3) is 0 Å². The van der Waals surface area contributed by atoms with E-state index >= 15 is 0 Å². The maximum atomic E-state index is 12.3. The lowest BCUT2D eigenvalue weighted by Crippen LogP contribution is -2.39. The molecule has 0 heterocycles. The predicted molar refractivity (Wildman–Crippen MR) is 76.8 cm³/mol. The molecule has 2 rings (SSSR count). The highest BCUT2D eigenvalue weighted by Gasteiger charge is 2.27. The zero-order valence-corrected chi connectivity index (χ0v) is 12.6. The minimum Gasteiger partial charge on any atom is -0.352 e. The molecule has 0 unspecified atom stereocenters. The molecule has 0 spiro atoms. The van der Waals surface area contributed by atoms with Crippen molar-refractivity contribution in [3.8, 4) is 0 Å². The summed E-state index contributed by atoms with van der Waals surface area (Å²) < 4.78 is 25.7. The largest absolute Gasteiger partial charge is 0.352 e. The number of carbonyl (C=O) groups excluding carboxylic acids is 1. The first-order valence-corrected chi connectivity index (χ1v) is 8.22. The van der Waals surface area contributed by atoms with Gasteiger partial charge in [0.1, 0.15) is 0 Å². The number of sulfonamides is 1. The molecular formula is C14H20N2O3S. The van der Waals surface area contributed by atoms with Gasteiger partial charge in [0.05, 0.1) is 11.4 Å². The number of likely N-dealkylation sites (N-methyl/N-ethyl adjacent to an activating group) is 1. The van der Waals surface area contributed by atoms with Crippen LogP contribution in [0.5, 0.6) is 0 Å². The Bertz CT molecular complexity index is 577. The predicted octanol–water partition coefficient (Wildman–Crippen LogP) is 1.15. The first kappa shape index (κ1) is 15.0. The van der Waals surface area contributed by atoms with Crippen LogP contribution in [0, 0.1) is 0 Å². The van der Waals surface area contributed by atoms with Gasteiger partial charge in [-0.25, -0.2) is 8.42 Å². The summed E-state index contributed by atoms with van der Waals surface area (Å²) in [5.74, 6) is -0.247. The Labute approximate surface area is 120 Å². The topological polar surface area (TPSA) is 66.5 Å². The van der Waals surface area contributed by atoms with Crippen LogP contribution < -0.4 is 5.32 Å². The summed E-state index contributed by atoms with van der Waals surface area (Å²) in [5.41, 5.74) is 1.08. The Balaban J connectivity index is 2.05. The van der Waals surface area contributed by atoms with Crippen LogP contribution in [0.15, 0.2) is 29.2 Å². The molecule has 1 amide bonds. The summed E-state index contributed by atoms with van der Waals surface area (Å²) in [5, 5.41) is 2.78. The van der Waals surface area contributed by atoms with Crippen molar-refractivity contribution in [3.63, 3.8) is 0 Å².